The van der Waals surface area contributed by atoms with E-state index >= 15 is 0 Å². The minimum absolute atomic E-state index is 0.275. The SMILES string of the molecule is CCOC(=O)c1ccc(NC2CCCCC2(C)C)c(Br)c1. The van der Waals surface area contributed by atoms with Crippen LogP contribution in [0.15, 0.2) is 22.7 Å². The molecule has 21 heavy (non-hydrogen) atoms. The van der Waals surface area contributed by atoms with E-state index in [0.29, 0.717) is 23.6 Å². The van der Waals surface area contributed by atoms with Gasteiger partial charge in [-0.1, -0.05) is 26.7 Å². The lowest BCUT2D eigenvalue weighted by atomic mass is 9.73. The number of nitrogens with one attached hydrogen (secondary N) is 1. The summed E-state index contributed by atoms with van der Waals surface area (Å²) in [6.07, 6.45) is 5.04. The van der Waals surface area contributed by atoms with Gasteiger partial charge in [0.05, 0.1) is 12.2 Å². The van der Waals surface area contributed by atoms with Crippen molar-refractivity contribution >= 4 is 27.6 Å². The Balaban J connectivity index is 2.12. The maximum Gasteiger partial charge on any atom is 0.338 e. The predicted octanol–water partition coefficient (Wildman–Crippen LogP) is 5.01. The standard InChI is InChI=1S/C17H24BrNO2/c1-4-21-16(20)12-8-9-14(13(18)11-12)19-15-7-5-6-10-17(15,2)3/h8-9,11,15,19H,4-7,10H2,1-3H3. The van der Waals surface area contributed by atoms with E-state index in [9.17, 15) is 4.79 Å². The van der Waals surface area contributed by atoms with E-state index in [4.69, 9.17) is 4.74 Å². The zero-order valence-electron chi connectivity index (χ0n) is 13.0. The fourth-order valence-electron chi connectivity index (χ4n) is 2.92. The highest BCUT2D eigenvalue weighted by Gasteiger charge is 2.32. The number of carbonyl (C=O) groups excluding carboxylic acids is 1. The summed E-state index contributed by atoms with van der Waals surface area (Å²) in [6, 6.07) is 6.08. The molecule has 0 amide bonds. The van der Waals surface area contributed by atoms with Crippen molar-refractivity contribution < 1.29 is 9.53 Å². The molecule has 116 valence electrons. The molecule has 0 aliphatic heterocycles. The van der Waals surface area contributed by atoms with Crippen LogP contribution in [0.3, 0.4) is 0 Å². The van der Waals surface area contributed by atoms with Crippen LogP contribution >= 0.6 is 15.9 Å². The average Bonchev–Trinajstić information content (AvgIpc) is 2.43. The third-order valence-corrected chi connectivity index (χ3v) is 4.97. The van der Waals surface area contributed by atoms with Crippen molar-refractivity contribution in [3.63, 3.8) is 0 Å². The predicted molar refractivity (Wildman–Crippen MR) is 89.8 cm³/mol. The highest BCUT2D eigenvalue weighted by molar-refractivity contribution is 9.10. The summed E-state index contributed by atoms with van der Waals surface area (Å²) in [5.74, 6) is -0.275. The Bertz CT molecular complexity index is 514. The summed E-state index contributed by atoms with van der Waals surface area (Å²) in [5.41, 5.74) is 1.93. The fraction of sp³-hybridized carbons (Fsp3) is 0.588. The van der Waals surface area contributed by atoms with Crippen molar-refractivity contribution in [3.05, 3.63) is 28.2 Å². The summed E-state index contributed by atoms with van der Waals surface area (Å²) in [7, 11) is 0. The monoisotopic (exact) mass is 353 g/mol. The van der Waals surface area contributed by atoms with Gasteiger partial charge in [0.15, 0.2) is 0 Å². The van der Waals surface area contributed by atoms with E-state index in [1.54, 1.807) is 0 Å². The highest BCUT2D eigenvalue weighted by Crippen LogP contribution is 2.38. The van der Waals surface area contributed by atoms with E-state index in [-0.39, 0.29) is 5.97 Å². The largest absolute Gasteiger partial charge is 0.462 e. The van der Waals surface area contributed by atoms with Crippen LogP contribution in [0.25, 0.3) is 0 Å². The molecule has 0 saturated heterocycles. The zero-order chi connectivity index (χ0) is 15.5. The molecule has 0 bridgehead atoms. The normalized spacial score (nSPS) is 20.9. The second-order valence-electron chi connectivity index (χ2n) is 6.35. The van der Waals surface area contributed by atoms with Gasteiger partial charge in [0.2, 0.25) is 0 Å². The van der Waals surface area contributed by atoms with E-state index < -0.39 is 0 Å². The molecule has 0 radical (unpaired) electrons. The zero-order valence-corrected chi connectivity index (χ0v) is 14.6. The number of hydrogen-bond acceptors (Lipinski definition) is 3. The van der Waals surface area contributed by atoms with Crippen LogP contribution in [0.4, 0.5) is 5.69 Å². The van der Waals surface area contributed by atoms with Crippen molar-refractivity contribution in [2.24, 2.45) is 5.41 Å². The first-order valence-corrected chi connectivity index (χ1v) is 8.46. The number of hydrogen-bond donors (Lipinski definition) is 1. The van der Waals surface area contributed by atoms with Gasteiger partial charge in [-0.3, -0.25) is 0 Å². The lowest BCUT2D eigenvalue weighted by Crippen LogP contribution is -2.39. The fourth-order valence-corrected chi connectivity index (χ4v) is 3.42. The Hall–Kier alpha value is -1.03. The molecule has 1 aromatic carbocycles. The topological polar surface area (TPSA) is 38.3 Å². The Morgan fingerprint density at radius 3 is 2.81 bits per heavy atom. The highest BCUT2D eigenvalue weighted by atomic mass is 79.9. The first-order valence-electron chi connectivity index (χ1n) is 7.67. The van der Waals surface area contributed by atoms with Crippen molar-refractivity contribution in [1.82, 2.24) is 0 Å². The van der Waals surface area contributed by atoms with Gasteiger partial charge in [-0.05, 0) is 59.3 Å². The van der Waals surface area contributed by atoms with Gasteiger partial charge in [-0.25, -0.2) is 4.79 Å². The smallest absolute Gasteiger partial charge is 0.338 e. The molecule has 1 saturated carbocycles. The number of anilines is 1. The molecular formula is C17H24BrNO2. The molecule has 3 nitrogen and oxygen atoms in total. The van der Waals surface area contributed by atoms with Crippen molar-refractivity contribution in [2.75, 3.05) is 11.9 Å². The van der Waals surface area contributed by atoms with Gasteiger partial charge in [0.1, 0.15) is 0 Å². The van der Waals surface area contributed by atoms with Crippen molar-refractivity contribution in [1.29, 1.82) is 0 Å². The second-order valence-corrected chi connectivity index (χ2v) is 7.20. The van der Waals surface area contributed by atoms with Crippen LogP contribution in [-0.4, -0.2) is 18.6 Å². The van der Waals surface area contributed by atoms with E-state index in [2.05, 4.69) is 35.1 Å². The van der Waals surface area contributed by atoms with E-state index in [1.165, 1.54) is 25.7 Å². The van der Waals surface area contributed by atoms with Crippen molar-refractivity contribution in [2.45, 2.75) is 52.5 Å². The Morgan fingerprint density at radius 2 is 2.19 bits per heavy atom. The summed E-state index contributed by atoms with van der Waals surface area (Å²) in [6.45, 7) is 6.86. The number of benzene rings is 1. The molecule has 1 aromatic rings. The Morgan fingerprint density at radius 1 is 1.43 bits per heavy atom. The van der Waals surface area contributed by atoms with Gasteiger partial charge in [0, 0.05) is 16.2 Å². The van der Waals surface area contributed by atoms with Gasteiger partial charge in [-0.2, -0.15) is 0 Å². The average molecular weight is 354 g/mol. The lowest BCUT2D eigenvalue weighted by molar-refractivity contribution is 0.0526. The lowest BCUT2D eigenvalue weighted by Gasteiger charge is -2.39. The maximum absolute atomic E-state index is 11.7. The Kier molecular flexibility index (Phi) is 5.31. The molecule has 4 heteroatoms. The Labute approximate surface area is 135 Å². The van der Waals surface area contributed by atoms with Crippen LogP contribution < -0.4 is 5.32 Å². The van der Waals surface area contributed by atoms with Gasteiger partial charge < -0.3 is 10.1 Å². The van der Waals surface area contributed by atoms with Crippen LogP contribution in [-0.2, 0) is 4.74 Å². The van der Waals surface area contributed by atoms with Crippen molar-refractivity contribution in [3.8, 4) is 0 Å². The summed E-state index contributed by atoms with van der Waals surface area (Å²) < 4.78 is 5.94. The first-order chi connectivity index (χ1) is 9.94. The number of rotatable bonds is 4. The number of halogens is 1. The number of carbonyl (C=O) groups is 1. The molecule has 1 unspecified atom stereocenters. The molecule has 0 spiro atoms. The number of ether oxygens (including phenoxy) is 1. The molecule has 2 rings (SSSR count). The van der Waals surface area contributed by atoms with Crippen LogP contribution in [0, 0.1) is 5.41 Å². The summed E-state index contributed by atoms with van der Waals surface area (Å²) >= 11 is 3.56. The second kappa shape index (κ2) is 6.82. The van der Waals surface area contributed by atoms with Crippen LogP contribution in [0.5, 0.6) is 0 Å². The van der Waals surface area contributed by atoms with Crippen LogP contribution in [0.2, 0.25) is 0 Å². The molecule has 1 aliphatic carbocycles. The third-order valence-electron chi connectivity index (χ3n) is 4.32. The maximum atomic E-state index is 11.7. The molecule has 0 heterocycles. The quantitative estimate of drug-likeness (QED) is 0.773. The minimum Gasteiger partial charge on any atom is -0.462 e. The summed E-state index contributed by atoms with van der Waals surface area (Å²) in [4.78, 5) is 11.7. The molecule has 1 atom stereocenters. The van der Waals surface area contributed by atoms with E-state index in [0.717, 1.165) is 10.2 Å². The molecule has 1 N–H and O–H groups in total. The van der Waals surface area contributed by atoms with E-state index in [1.807, 2.05) is 25.1 Å². The van der Waals surface area contributed by atoms with Gasteiger partial charge >= 0.3 is 5.97 Å². The molecule has 0 aromatic heterocycles. The molecule has 1 aliphatic rings. The minimum atomic E-state index is -0.275. The van der Waals surface area contributed by atoms with Crippen LogP contribution in [0.1, 0.15) is 56.8 Å². The summed E-state index contributed by atoms with van der Waals surface area (Å²) in [5, 5.41) is 3.64. The first kappa shape index (κ1) is 16.3. The van der Waals surface area contributed by atoms with Gasteiger partial charge in [-0.15, -0.1) is 0 Å². The number of esters is 1. The van der Waals surface area contributed by atoms with Gasteiger partial charge in [0.25, 0.3) is 0 Å². The molecular weight excluding hydrogens is 330 g/mol. The third kappa shape index (κ3) is 4.00. The molecule has 1 fully saturated rings.